The van der Waals surface area contributed by atoms with E-state index in [-0.39, 0.29) is 0 Å². The Bertz CT molecular complexity index is 467. The maximum absolute atomic E-state index is 5.87. The van der Waals surface area contributed by atoms with Crippen molar-refractivity contribution in [1.82, 2.24) is 0 Å². The molecule has 1 N–H and O–H groups in total. The Morgan fingerprint density at radius 1 is 1.13 bits per heavy atom. The third-order valence-electron chi connectivity index (χ3n) is 4.00. The molecular weight excluding hydrogens is 290 g/mol. The van der Waals surface area contributed by atoms with Crippen molar-refractivity contribution in [3.05, 3.63) is 36.9 Å². The average Bonchev–Trinajstić information content (AvgIpc) is 2.52. The summed E-state index contributed by atoms with van der Waals surface area (Å²) in [5.41, 5.74) is 0. The second-order valence-corrected chi connectivity index (χ2v) is 6.27. The molecule has 0 saturated carbocycles. The molecule has 0 spiro atoms. The van der Waals surface area contributed by atoms with Gasteiger partial charge in [0.05, 0.1) is 13.2 Å². The number of ether oxygens (including phenoxy) is 3. The van der Waals surface area contributed by atoms with Gasteiger partial charge in [-0.2, -0.15) is 0 Å². The van der Waals surface area contributed by atoms with Gasteiger partial charge in [0.1, 0.15) is 31.9 Å². The Kier molecular flexibility index (Phi) is 7.43. The molecule has 0 aromatic heterocycles. The Balaban J connectivity index is 1.66. The molecule has 1 aliphatic heterocycles. The highest BCUT2D eigenvalue weighted by atomic mass is 16.5. The molecule has 2 atom stereocenters. The van der Waals surface area contributed by atoms with Crippen LogP contribution in [0.15, 0.2) is 36.9 Å². The fourth-order valence-electron chi connectivity index (χ4n) is 3.09. The molecular formula is C19H30NO3+. The maximum Gasteiger partial charge on any atom is 0.161 e. The molecule has 1 aliphatic rings. The van der Waals surface area contributed by atoms with Crippen LogP contribution >= 0.6 is 0 Å². The fourth-order valence-corrected chi connectivity index (χ4v) is 3.09. The lowest BCUT2D eigenvalue weighted by atomic mass is 10.2. The molecule has 1 heterocycles. The van der Waals surface area contributed by atoms with E-state index in [4.69, 9.17) is 14.2 Å². The summed E-state index contributed by atoms with van der Waals surface area (Å²) in [4.78, 5) is 1.64. The molecule has 1 aromatic rings. The first-order chi connectivity index (χ1) is 11.2. The SMILES string of the molecule is C=CCOc1ccccc1OCCCC[NH+]1C[C@@H](C)O[C@H](C)C1. The van der Waals surface area contributed by atoms with Gasteiger partial charge < -0.3 is 19.1 Å². The molecule has 0 unspecified atom stereocenters. The van der Waals surface area contributed by atoms with Gasteiger partial charge in [0.15, 0.2) is 11.5 Å². The largest absolute Gasteiger partial charge is 0.490 e. The van der Waals surface area contributed by atoms with E-state index in [1.54, 1.807) is 11.0 Å². The van der Waals surface area contributed by atoms with Crippen molar-refractivity contribution in [2.45, 2.75) is 38.9 Å². The van der Waals surface area contributed by atoms with Crippen LogP contribution in [0.3, 0.4) is 0 Å². The molecule has 1 saturated heterocycles. The van der Waals surface area contributed by atoms with Gasteiger partial charge in [0.2, 0.25) is 0 Å². The van der Waals surface area contributed by atoms with E-state index in [9.17, 15) is 0 Å². The first-order valence-corrected chi connectivity index (χ1v) is 8.63. The second-order valence-electron chi connectivity index (χ2n) is 6.27. The number of para-hydroxylation sites is 2. The minimum atomic E-state index is 0.374. The normalized spacial score (nSPS) is 24.2. The third kappa shape index (κ3) is 6.24. The van der Waals surface area contributed by atoms with E-state index in [1.165, 1.54) is 13.0 Å². The van der Waals surface area contributed by atoms with Gasteiger partial charge >= 0.3 is 0 Å². The predicted octanol–water partition coefficient (Wildman–Crippen LogP) is 2.10. The average molecular weight is 320 g/mol. The lowest BCUT2D eigenvalue weighted by molar-refractivity contribution is -0.915. The third-order valence-corrected chi connectivity index (χ3v) is 4.00. The van der Waals surface area contributed by atoms with Gasteiger partial charge in [-0.1, -0.05) is 24.8 Å². The number of benzene rings is 1. The van der Waals surface area contributed by atoms with E-state index in [2.05, 4.69) is 20.4 Å². The summed E-state index contributed by atoms with van der Waals surface area (Å²) in [5.74, 6) is 1.60. The van der Waals surface area contributed by atoms with Gasteiger partial charge in [-0.05, 0) is 38.8 Å². The molecule has 128 valence electrons. The van der Waals surface area contributed by atoms with Crippen LogP contribution in [0.25, 0.3) is 0 Å². The van der Waals surface area contributed by atoms with Gasteiger partial charge in [0.25, 0.3) is 0 Å². The molecule has 0 amide bonds. The summed E-state index contributed by atoms with van der Waals surface area (Å²) in [5, 5.41) is 0. The summed E-state index contributed by atoms with van der Waals surface area (Å²) >= 11 is 0. The summed E-state index contributed by atoms with van der Waals surface area (Å²) in [6, 6.07) is 7.81. The smallest absolute Gasteiger partial charge is 0.161 e. The van der Waals surface area contributed by atoms with Crippen LogP contribution < -0.4 is 14.4 Å². The summed E-state index contributed by atoms with van der Waals surface area (Å²) in [7, 11) is 0. The number of quaternary nitrogens is 1. The number of morpholine rings is 1. The molecule has 0 radical (unpaired) electrons. The molecule has 1 fully saturated rings. The van der Waals surface area contributed by atoms with Crippen molar-refractivity contribution in [2.24, 2.45) is 0 Å². The van der Waals surface area contributed by atoms with Gasteiger partial charge in [-0.3, -0.25) is 0 Å². The molecule has 23 heavy (non-hydrogen) atoms. The van der Waals surface area contributed by atoms with Crippen molar-refractivity contribution in [2.75, 3.05) is 32.8 Å². The van der Waals surface area contributed by atoms with Crippen molar-refractivity contribution in [1.29, 1.82) is 0 Å². The second kappa shape index (κ2) is 9.58. The molecule has 4 nitrogen and oxygen atoms in total. The van der Waals surface area contributed by atoms with Crippen LogP contribution in [0.4, 0.5) is 0 Å². The molecule has 4 heteroatoms. The van der Waals surface area contributed by atoms with Gasteiger partial charge in [0, 0.05) is 0 Å². The summed E-state index contributed by atoms with van der Waals surface area (Å²) in [6.07, 6.45) is 4.72. The number of unbranched alkanes of at least 4 members (excludes halogenated alkanes) is 1. The number of hydrogen-bond acceptors (Lipinski definition) is 3. The number of rotatable bonds is 9. The highest BCUT2D eigenvalue weighted by molar-refractivity contribution is 5.39. The topological polar surface area (TPSA) is 32.1 Å². The molecule has 1 aromatic carbocycles. The first-order valence-electron chi connectivity index (χ1n) is 8.63. The van der Waals surface area contributed by atoms with Crippen molar-refractivity contribution in [3.63, 3.8) is 0 Å². The summed E-state index contributed by atoms with van der Waals surface area (Å²) < 4.78 is 17.3. The van der Waals surface area contributed by atoms with E-state index < -0.39 is 0 Å². The first kappa shape index (κ1) is 17.8. The highest BCUT2D eigenvalue weighted by Gasteiger charge is 2.24. The zero-order chi connectivity index (χ0) is 16.5. The van der Waals surface area contributed by atoms with Crippen LogP contribution in [-0.2, 0) is 4.74 Å². The predicted molar refractivity (Wildman–Crippen MR) is 92.4 cm³/mol. The van der Waals surface area contributed by atoms with E-state index in [0.717, 1.165) is 37.6 Å². The Labute approximate surface area is 140 Å². The van der Waals surface area contributed by atoms with Crippen LogP contribution in [0.2, 0.25) is 0 Å². The van der Waals surface area contributed by atoms with Crippen LogP contribution in [0.1, 0.15) is 26.7 Å². The minimum Gasteiger partial charge on any atom is -0.490 e. The van der Waals surface area contributed by atoms with Gasteiger partial charge in [-0.25, -0.2) is 0 Å². The Hall–Kier alpha value is -1.52. The summed E-state index contributed by atoms with van der Waals surface area (Å²) in [6.45, 7) is 12.6. The zero-order valence-electron chi connectivity index (χ0n) is 14.4. The van der Waals surface area contributed by atoms with E-state index in [1.807, 2.05) is 24.3 Å². The minimum absolute atomic E-state index is 0.374. The molecule has 2 rings (SSSR count). The fraction of sp³-hybridized carbons (Fsp3) is 0.579. The maximum atomic E-state index is 5.87. The monoisotopic (exact) mass is 320 g/mol. The zero-order valence-corrected chi connectivity index (χ0v) is 14.4. The lowest BCUT2D eigenvalue weighted by Gasteiger charge is -2.32. The molecule has 0 bridgehead atoms. The van der Waals surface area contributed by atoms with Gasteiger partial charge in [-0.15, -0.1) is 0 Å². The van der Waals surface area contributed by atoms with Crippen LogP contribution in [0.5, 0.6) is 11.5 Å². The quantitative estimate of drug-likeness (QED) is 0.559. The Morgan fingerprint density at radius 2 is 1.78 bits per heavy atom. The standard InChI is InChI=1S/C19H29NO3/c1-4-12-21-18-9-5-6-10-19(18)22-13-8-7-11-20-14-16(2)23-17(3)15-20/h4-6,9-10,16-17H,1,7-8,11-15H2,2-3H3/p+1/t16-,17-/m1/s1. The van der Waals surface area contributed by atoms with Crippen LogP contribution in [-0.4, -0.2) is 45.1 Å². The van der Waals surface area contributed by atoms with E-state index in [0.29, 0.717) is 18.8 Å². The van der Waals surface area contributed by atoms with Crippen molar-refractivity contribution in [3.8, 4) is 11.5 Å². The van der Waals surface area contributed by atoms with Crippen molar-refractivity contribution >= 4 is 0 Å². The molecule has 0 aliphatic carbocycles. The lowest BCUT2D eigenvalue weighted by Crippen LogP contribution is -3.15. The van der Waals surface area contributed by atoms with Crippen LogP contribution in [0, 0.1) is 0 Å². The number of hydrogen-bond donors (Lipinski definition) is 1. The number of nitrogens with one attached hydrogen (secondary N) is 1. The van der Waals surface area contributed by atoms with E-state index >= 15 is 0 Å². The highest BCUT2D eigenvalue weighted by Crippen LogP contribution is 2.26. The van der Waals surface area contributed by atoms with Crippen molar-refractivity contribution < 1.29 is 19.1 Å². The Morgan fingerprint density at radius 3 is 2.43 bits per heavy atom.